The molecule has 1 atom stereocenters. The van der Waals surface area contributed by atoms with Gasteiger partial charge in [-0.1, -0.05) is 31.9 Å². The van der Waals surface area contributed by atoms with Gasteiger partial charge < -0.3 is 20.1 Å². The Morgan fingerprint density at radius 2 is 2.15 bits per heavy atom. The molecule has 0 amide bonds. The summed E-state index contributed by atoms with van der Waals surface area (Å²) in [5.41, 5.74) is 0.852. The van der Waals surface area contributed by atoms with E-state index >= 15 is 0 Å². The molecular weight excluding hydrogens is 253 g/mol. The molecule has 0 aliphatic rings. The van der Waals surface area contributed by atoms with Crippen molar-refractivity contribution >= 4 is 7.05 Å². The van der Waals surface area contributed by atoms with Crippen molar-refractivity contribution in [1.82, 2.24) is 5.23 Å². The van der Waals surface area contributed by atoms with E-state index in [0.29, 0.717) is 13.0 Å². The van der Waals surface area contributed by atoms with E-state index in [2.05, 4.69) is 12.2 Å². The van der Waals surface area contributed by atoms with Crippen molar-refractivity contribution in [1.29, 1.82) is 0 Å². The van der Waals surface area contributed by atoms with Crippen LogP contribution >= 0.6 is 0 Å². The normalized spacial score (nSPS) is 12.2. The van der Waals surface area contributed by atoms with E-state index in [1.807, 2.05) is 24.3 Å². The molecule has 3 N–H and O–H groups in total. The molecule has 1 aromatic carbocycles. The second-order valence-corrected chi connectivity index (χ2v) is 5.06. The first-order valence-corrected chi connectivity index (χ1v) is 7.45. The SMILES string of the molecule is CCCCCOc1cccc(C(O)CCNB(C)O)c1. The van der Waals surface area contributed by atoms with Crippen molar-refractivity contribution in [3.8, 4) is 5.75 Å². The standard InChI is InChI=1S/C15H26BNO3/c1-3-4-5-11-20-14-8-6-7-13(12-14)15(18)9-10-17-16(2)19/h6-8,12,15,17-19H,3-5,9-11H2,1-2H3. The summed E-state index contributed by atoms with van der Waals surface area (Å²) in [6.45, 7) is 5.12. The fraction of sp³-hybridized carbons (Fsp3) is 0.600. The molecule has 0 aliphatic carbocycles. The summed E-state index contributed by atoms with van der Waals surface area (Å²) in [6, 6.07) is 7.59. The van der Waals surface area contributed by atoms with Crippen LogP contribution in [-0.2, 0) is 0 Å². The minimum Gasteiger partial charge on any atom is -0.494 e. The number of aliphatic hydroxyl groups excluding tert-OH is 1. The Kier molecular flexibility index (Phi) is 8.34. The first kappa shape index (κ1) is 17.0. The number of ether oxygens (including phenoxy) is 1. The zero-order valence-electron chi connectivity index (χ0n) is 12.5. The van der Waals surface area contributed by atoms with Crippen LogP contribution in [0, 0.1) is 0 Å². The van der Waals surface area contributed by atoms with E-state index in [-0.39, 0.29) is 0 Å². The second-order valence-electron chi connectivity index (χ2n) is 5.06. The highest BCUT2D eigenvalue weighted by Crippen LogP contribution is 2.21. The Hall–Kier alpha value is -1.04. The lowest BCUT2D eigenvalue weighted by Crippen LogP contribution is -2.31. The molecule has 0 radical (unpaired) electrons. The van der Waals surface area contributed by atoms with E-state index < -0.39 is 13.2 Å². The first-order chi connectivity index (χ1) is 9.63. The van der Waals surface area contributed by atoms with E-state index in [1.54, 1.807) is 6.82 Å². The van der Waals surface area contributed by atoms with Crippen molar-refractivity contribution in [2.75, 3.05) is 13.2 Å². The van der Waals surface area contributed by atoms with Gasteiger partial charge in [-0.25, -0.2) is 0 Å². The van der Waals surface area contributed by atoms with Gasteiger partial charge >= 0.3 is 7.05 Å². The summed E-state index contributed by atoms with van der Waals surface area (Å²) in [5, 5.41) is 22.1. The highest BCUT2D eigenvalue weighted by Gasteiger charge is 2.09. The van der Waals surface area contributed by atoms with Gasteiger partial charge in [0.2, 0.25) is 0 Å². The van der Waals surface area contributed by atoms with Gasteiger partial charge in [0.25, 0.3) is 0 Å². The molecule has 0 aliphatic heterocycles. The first-order valence-electron chi connectivity index (χ1n) is 7.45. The molecular formula is C15H26BNO3. The van der Waals surface area contributed by atoms with Crippen LogP contribution in [0.1, 0.15) is 44.3 Å². The maximum atomic E-state index is 10.1. The van der Waals surface area contributed by atoms with Crippen molar-refractivity contribution in [2.24, 2.45) is 0 Å². The molecule has 0 bridgehead atoms. The Morgan fingerprint density at radius 1 is 1.35 bits per heavy atom. The average Bonchev–Trinajstić information content (AvgIpc) is 2.43. The third-order valence-electron chi connectivity index (χ3n) is 3.12. The summed E-state index contributed by atoms with van der Waals surface area (Å²) in [6.07, 6.45) is 3.43. The van der Waals surface area contributed by atoms with Gasteiger partial charge in [0, 0.05) is 0 Å². The maximum Gasteiger partial charge on any atom is 0.373 e. The van der Waals surface area contributed by atoms with Gasteiger partial charge in [-0.15, -0.1) is 0 Å². The molecule has 0 fully saturated rings. The number of aliphatic hydroxyl groups is 1. The lowest BCUT2D eigenvalue weighted by Gasteiger charge is -2.13. The van der Waals surface area contributed by atoms with E-state index in [1.165, 1.54) is 12.8 Å². The lowest BCUT2D eigenvalue weighted by molar-refractivity contribution is 0.168. The van der Waals surface area contributed by atoms with Gasteiger partial charge in [0.15, 0.2) is 0 Å². The van der Waals surface area contributed by atoms with Gasteiger partial charge in [-0.3, -0.25) is 0 Å². The topological polar surface area (TPSA) is 61.7 Å². The van der Waals surface area contributed by atoms with Crippen LogP contribution < -0.4 is 9.96 Å². The van der Waals surface area contributed by atoms with Gasteiger partial charge in [0.1, 0.15) is 5.75 Å². The molecule has 1 aromatic rings. The highest BCUT2D eigenvalue weighted by atomic mass is 16.5. The van der Waals surface area contributed by atoms with Crippen molar-refractivity contribution in [3.63, 3.8) is 0 Å². The summed E-state index contributed by atoms with van der Waals surface area (Å²) in [5.74, 6) is 0.807. The maximum absolute atomic E-state index is 10.1. The smallest absolute Gasteiger partial charge is 0.373 e. The summed E-state index contributed by atoms with van der Waals surface area (Å²) in [7, 11) is -0.546. The highest BCUT2D eigenvalue weighted by molar-refractivity contribution is 6.45. The zero-order chi connectivity index (χ0) is 14.8. The predicted octanol–water partition coefficient (Wildman–Crippen LogP) is 2.38. The Balaban J connectivity index is 2.41. The van der Waals surface area contributed by atoms with Crippen LogP contribution in [0.3, 0.4) is 0 Å². The van der Waals surface area contributed by atoms with Gasteiger partial charge in [-0.2, -0.15) is 0 Å². The molecule has 0 heterocycles. The third-order valence-corrected chi connectivity index (χ3v) is 3.12. The largest absolute Gasteiger partial charge is 0.494 e. The zero-order valence-corrected chi connectivity index (χ0v) is 12.5. The number of hydrogen-bond donors (Lipinski definition) is 3. The third kappa shape index (κ3) is 6.94. The van der Waals surface area contributed by atoms with E-state index in [4.69, 9.17) is 9.76 Å². The van der Waals surface area contributed by atoms with Crippen molar-refractivity contribution in [3.05, 3.63) is 29.8 Å². The van der Waals surface area contributed by atoms with E-state index in [9.17, 15) is 5.11 Å². The van der Waals surface area contributed by atoms with Gasteiger partial charge in [0.05, 0.1) is 12.7 Å². The average molecular weight is 279 g/mol. The summed E-state index contributed by atoms with van der Waals surface area (Å²) < 4.78 is 5.67. The minimum atomic E-state index is -0.546. The molecule has 0 saturated carbocycles. The molecule has 1 rings (SSSR count). The molecule has 0 saturated heterocycles. The summed E-state index contributed by atoms with van der Waals surface area (Å²) in [4.78, 5) is 0. The molecule has 1 unspecified atom stereocenters. The Morgan fingerprint density at radius 3 is 2.85 bits per heavy atom. The Bertz CT molecular complexity index is 374. The predicted molar refractivity (Wildman–Crippen MR) is 82.9 cm³/mol. The number of unbranched alkanes of at least 4 members (excludes halogenated alkanes) is 2. The molecule has 20 heavy (non-hydrogen) atoms. The number of hydrogen-bond acceptors (Lipinski definition) is 4. The molecule has 5 heteroatoms. The number of benzene rings is 1. The van der Waals surface area contributed by atoms with Crippen molar-refractivity contribution in [2.45, 2.75) is 45.5 Å². The van der Waals surface area contributed by atoms with Crippen LogP contribution in [-0.4, -0.2) is 30.3 Å². The molecule has 0 spiro atoms. The fourth-order valence-corrected chi connectivity index (χ4v) is 1.95. The van der Waals surface area contributed by atoms with Gasteiger partial charge in [-0.05, 0) is 43.9 Å². The molecule has 4 nitrogen and oxygen atoms in total. The fourth-order valence-electron chi connectivity index (χ4n) is 1.95. The van der Waals surface area contributed by atoms with Crippen molar-refractivity contribution < 1.29 is 14.9 Å². The summed E-state index contributed by atoms with van der Waals surface area (Å²) >= 11 is 0. The van der Waals surface area contributed by atoms with Crippen LogP contribution in [0.15, 0.2) is 24.3 Å². The van der Waals surface area contributed by atoms with Crippen LogP contribution in [0.5, 0.6) is 5.75 Å². The lowest BCUT2D eigenvalue weighted by atomic mass is 9.88. The Labute approximate surface area is 122 Å². The second kappa shape index (κ2) is 9.80. The molecule has 112 valence electrons. The van der Waals surface area contributed by atoms with Crippen LogP contribution in [0.4, 0.5) is 0 Å². The number of nitrogens with one attached hydrogen (secondary N) is 1. The minimum absolute atomic E-state index is 0.541. The monoisotopic (exact) mass is 279 g/mol. The number of rotatable bonds is 10. The molecule has 0 aromatic heterocycles. The van der Waals surface area contributed by atoms with Crippen LogP contribution in [0.25, 0.3) is 0 Å². The van der Waals surface area contributed by atoms with Crippen LogP contribution in [0.2, 0.25) is 6.82 Å². The quantitative estimate of drug-likeness (QED) is 0.454. The van der Waals surface area contributed by atoms with E-state index in [0.717, 1.165) is 24.3 Å².